The number of unbranched alkanes of at least 4 members (excludes halogenated alkanes) is 42. The minimum Gasteiger partial charge on any atom is -0.462 e. The number of rotatable bonds is 61. The fourth-order valence-electron chi connectivity index (χ4n) is 9.91. The highest BCUT2D eigenvalue weighted by Crippen LogP contribution is 2.18. The molecule has 0 aliphatic heterocycles. The lowest BCUT2D eigenvalue weighted by atomic mass is 10.0. The molecule has 6 heteroatoms. The first-order valence-electron chi connectivity index (χ1n) is 33.1. The average molecular weight is 1050 g/mol. The summed E-state index contributed by atoms with van der Waals surface area (Å²) < 4.78 is 17.0. The van der Waals surface area contributed by atoms with Gasteiger partial charge in [-0.2, -0.15) is 0 Å². The van der Waals surface area contributed by atoms with Crippen LogP contribution in [0, 0.1) is 0 Å². The van der Waals surface area contributed by atoms with Crippen molar-refractivity contribution in [1.82, 2.24) is 0 Å². The molecule has 438 valence electrons. The number of hydrogen-bond donors (Lipinski definition) is 0. The van der Waals surface area contributed by atoms with Crippen molar-refractivity contribution in [2.24, 2.45) is 0 Å². The first kappa shape index (κ1) is 72.4. The van der Waals surface area contributed by atoms with Crippen LogP contribution in [0.1, 0.15) is 355 Å². The minimum atomic E-state index is -0.781. The summed E-state index contributed by atoms with van der Waals surface area (Å²) in [6.07, 6.45) is 79.8. The fraction of sp³-hybridized carbons (Fsp3) is 0.841. The largest absolute Gasteiger partial charge is 0.462 e. The minimum absolute atomic E-state index is 0.0758. The Bertz CT molecular complexity index is 1300. The van der Waals surface area contributed by atoms with Crippen molar-refractivity contribution >= 4 is 17.9 Å². The van der Waals surface area contributed by atoms with Gasteiger partial charge in [-0.3, -0.25) is 14.4 Å². The molecule has 0 aliphatic rings. The molecule has 0 heterocycles. The normalized spacial score (nSPS) is 12.3. The molecule has 0 aromatic carbocycles. The molecule has 0 saturated carbocycles. The Morgan fingerprint density at radius 3 is 0.813 bits per heavy atom. The zero-order valence-corrected chi connectivity index (χ0v) is 50.3. The summed E-state index contributed by atoms with van der Waals surface area (Å²) in [5.41, 5.74) is 0. The maximum atomic E-state index is 12.9. The maximum absolute atomic E-state index is 12.9. The van der Waals surface area contributed by atoms with Gasteiger partial charge >= 0.3 is 17.9 Å². The van der Waals surface area contributed by atoms with Crippen molar-refractivity contribution in [2.75, 3.05) is 13.2 Å². The predicted molar refractivity (Wildman–Crippen MR) is 325 cm³/mol. The van der Waals surface area contributed by atoms with Crippen LogP contribution in [0.2, 0.25) is 0 Å². The van der Waals surface area contributed by atoms with Crippen LogP contribution < -0.4 is 0 Å². The van der Waals surface area contributed by atoms with E-state index in [-0.39, 0.29) is 31.1 Å². The Labute approximate surface area is 467 Å². The molecule has 0 spiro atoms. The molecular formula is C69H126O6. The standard InChI is InChI=1S/C69H126O6/c1-4-7-10-13-16-19-22-25-28-31-33-35-38-41-44-47-50-53-56-59-62-68(71)74-65-66(64-73-67(70)61-58-55-52-49-46-43-40-37-30-27-24-21-18-15-12-9-6-3)75-69(72)63-60-57-54-51-48-45-42-39-36-34-32-29-26-23-20-17-14-11-8-5-2/h9,12,18,21,27,30,40,43,66H,4-8,10-11,13-17,19-20,22-26,28-29,31-39,41-42,44-65H2,1-3H3/b12-9-,21-18-,30-27-,43-40-. The molecule has 0 bridgehead atoms. The molecule has 0 amide bonds. The van der Waals surface area contributed by atoms with Crippen LogP contribution in [-0.4, -0.2) is 37.2 Å². The molecular weight excluding hydrogens is 925 g/mol. The van der Waals surface area contributed by atoms with Gasteiger partial charge in [-0.05, 0) is 57.8 Å². The highest BCUT2D eigenvalue weighted by Gasteiger charge is 2.19. The Hall–Kier alpha value is -2.63. The molecule has 0 radical (unpaired) electrons. The first-order valence-corrected chi connectivity index (χ1v) is 33.1. The molecule has 0 fully saturated rings. The summed E-state index contributed by atoms with van der Waals surface area (Å²) in [7, 11) is 0. The summed E-state index contributed by atoms with van der Waals surface area (Å²) >= 11 is 0. The van der Waals surface area contributed by atoms with Gasteiger partial charge in [0.05, 0.1) is 0 Å². The van der Waals surface area contributed by atoms with E-state index >= 15 is 0 Å². The molecule has 1 atom stereocenters. The van der Waals surface area contributed by atoms with Crippen molar-refractivity contribution in [3.05, 3.63) is 48.6 Å². The van der Waals surface area contributed by atoms with E-state index in [2.05, 4.69) is 69.4 Å². The SMILES string of the molecule is CC/C=C\C/C=C\C/C=C\C/C=C\CCCCCCC(=O)OCC(COC(=O)CCCCCCCCCCCCCCCCCCCCCC)OC(=O)CCCCCCCCCCCCCCCCCCCCCC. The van der Waals surface area contributed by atoms with Crippen LogP contribution in [-0.2, 0) is 28.6 Å². The van der Waals surface area contributed by atoms with Crippen molar-refractivity contribution in [3.8, 4) is 0 Å². The first-order chi connectivity index (χ1) is 37.0. The summed E-state index contributed by atoms with van der Waals surface area (Å²) in [6, 6.07) is 0. The quantitative estimate of drug-likeness (QED) is 0.0261. The molecule has 6 nitrogen and oxygen atoms in total. The van der Waals surface area contributed by atoms with Crippen LogP contribution in [0.4, 0.5) is 0 Å². The Morgan fingerprint density at radius 1 is 0.280 bits per heavy atom. The number of carbonyl (C=O) groups excluding carboxylic acids is 3. The summed E-state index contributed by atoms with van der Waals surface area (Å²) in [5, 5.41) is 0. The van der Waals surface area contributed by atoms with Crippen LogP contribution in [0.3, 0.4) is 0 Å². The van der Waals surface area contributed by atoms with Gasteiger partial charge in [0.25, 0.3) is 0 Å². The Kier molecular flexibility index (Phi) is 61.7. The van der Waals surface area contributed by atoms with E-state index in [9.17, 15) is 14.4 Å². The lowest BCUT2D eigenvalue weighted by Crippen LogP contribution is -2.30. The van der Waals surface area contributed by atoms with Gasteiger partial charge in [0, 0.05) is 19.3 Å². The second-order valence-corrected chi connectivity index (χ2v) is 22.4. The third-order valence-corrected chi connectivity index (χ3v) is 14.8. The van der Waals surface area contributed by atoms with Gasteiger partial charge in [-0.25, -0.2) is 0 Å². The number of hydrogen-bond acceptors (Lipinski definition) is 6. The predicted octanol–water partition coefficient (Wildman–Crippen LogP) is 22.6. The second-order valence-electron chi connectivity index (χ2n) is 22.4. The van der Waals surface area contributed by atoms with E-state index in [1.165, 1.54) is 218 Å². The van der Waals surface area contributed by atoms with Crippen LogP contribution >= 0.6 is 0 Å². The number of allylic oxidation sites excluding steroid dienone is 8. The van der Waals surface area contributed by atoms with Crippen LogP contribution in [0.25, 0.3) is 0 Å². The number of carbonyl (C=O) groups is 3. The highest BCUT2D eigenvalue weighted by atomic mass is 16.6. The lowest BCUT2D eigenvalue weighted by Gasteiger charge is -2.18. The molecule has 0 saturated heterocycles. The van der Waals surface area contributed by atoms with Crippen molar-refractivity contribution < 1.29 is 28.6 Å². The summed E-state index contributed by atoms with van der Waals surface area (Å²) in [4.78, 5) is 38.4. The third kappa shape index (κ3) is 62.1. The van der Waals surface area contributed by atoms with E-state index < -0.39 is 6.10 Å². The van der Waals surface area contributed by atoms with Gasteiger partial charge in [0.2, 0.25) is 0 Å². The van der Waals surface area contributed by atoms with E-state index in [4.69, 9.17) is 14.2 Å². The topological polar surface area (TPSA) is 78.9 Å². The molecule has 0 aromatic rings. The monoisotopic (exact) mass is 1050 g/mol. The number of esters is 3. The third-order valence-electron chi connectivity index (χ3n) is 14.8. The van der Waals surface area contributed by atoms with Gasteiger partial charge < -0.3 is 14.2 Å². The van der Waals surface area contributed by atoms with E-state index in [0.717, 1.165) is 96.3 Å². The second kappa shape index (κ2) is 63.9. The van der Waals surface area contributed by atoms with Crippen molar-refractivity contribution in [2.45, 2.75) is 361 Å². The molecule has 0 aliphatic carbocycles. The zero-order chi connectivity index (χ0) is 54.3. The van der Waals surface area contributed by atoms with Crippen LogP contribution in [0.5, 0.6) is 0 Å². The van der Waals surface area contributed by atoms with Crippen molar-refractivity contribution in [3.63, 3.8) is 0 Å². The Balaban J connectivity index is 4.34. The summed E-state index contributed by atoms with van der Waals surface area (Å²) in [6.45, 7) is 6.58. The molecule has 0 rings (SSSR count). The molecule has 75 heavy (non-hydrogen) atoms. The fourth-order valence-corrected chi connectivity index (χ4v) is 9.91. The van der Waals surface area contributed by atoms with Gasteiger partial charge in [-0.15, -0.1) is 0 Å². The average Bonchev–Trinajstić information content (AvgIpc) is 3.41. The molecule has 0 aromatic heterocycles. The van der Waals surface area contributed by atoms with Gasteiger partial charge in [0.1, 0.15) is 13.2 Å². The lowest BCUT2D eigenvalue weighted by molar-refractivity contribution is -0.167. The van der Waals surface area contributed by atoms with E-state index in [0.29, 0.717) is 19.3 Å². The maximum Gasteiger partial charge on any atom is 0.306 e. The smallest absolute Gasteiger partial charge is 0.306 e. The van der Waals surface area contributed by atoms with Crippen molar-refractivity contribution in [1.29, 1.82) is 0 Å². The zero-order valence-electron chi connectivity index (χ0n) is 50.3. The van der Waals surface area contributed by atoms with Gasteiger partial charge in [-0.1, -0.05) is 326 Å². The van der Waals surface area contributed by atoms with E-state index in [1.54, 1.807) is 0 Å². The summed E-state index contributed by atoms with van der Waals surface area (Å²) in [5.74, 6) is -0.874. The number of ether oxygens (including phenoxy) is 3. The van der Waals surface area contributed by atoms with Crippen LogP contribution in [0.15, 0.2) is 48.6 Å². The highest BCUT2D eigenvalue weighted by molar-refractivity contribution is 5.71. The Morgan fingerprint density at radius 2 is 0.520 bits per heavy atom. The molecule has 1 unspecified atom stereocenters. The van der Waals surface area contributed by atoms with E-state index in [1.807, 2.05) is 0 Å². The van der Waals surface area contributed by atoms with Gasteiger partial charge in [0.15, 0.2) is 6.10 Å². The molecule has 0 N–H and O–H groups in total.